The second-order valence-electron chi connectivity index (χ2n) is 4.35. The third kappa shape index (κ3) is 3.59. The van der Waals surface area contributed by atoms with E-state index in [2.05, 4.69) is 4.98 Å². The van der Waals surface area contributed by atoms with Crippen LogP contribution in [-0.4, -0.2) is 45.9 Å². The van der Waals surface area contributed by atoms with Crippen LogP contribution < -0.4 is 4.72 Å². The Morgan fingerprint density at radius 2 is 2.20 bits per heavy atom. The van der Waals surface area contributed by atoms with Crippen molar-refractivity contribution in [1.29, 1.82) is 0 Å². The number of H-pyrrole nitrogens is 1. The van der Waals surface area contributed by atoms with Gasteiger partial charge in [0, 0.05) is 29.1 Å². The molecule has 0 spiro atoms. The van der Waals surface area contributed by atoms with E-state index in [4.69, 9.17) is 9.60 Å². The minimum atomic E-state index is -4.56. The lowest BCUT2D eigenvalue weighted by Crippen LogP contribution is -2.20. The van der Waals surface area contributed by atoms with Gasteiger partial charge in [-0.2, -0.15) is 0 Å². The maximum atomic E-state index is 12.1. The summed E-state index contributed by atoms with van der Waals surface area (Å²) in [5.41, 5.74) is -3.51. The first-order chi connectivity index (χ1) is 12.2. The van der Waals surface area contributed by atoms with Crippen molar-refractivity contribution in [2.45, 2.75) is 12.1 Å². The van der Waals surface area contributed by atoms with Crippen molar-refractivity contribution in [2.24, 2.45) is 0 Å². The summed E-state index contributed by atoms with van der Waals surface area (Å²) >= 11 is 0. The zero-order chi connectivity index (χ0) is 20.9. The van der Waals surface area contributed by atoms with Crippen LogP contribution in [0.2, 0.25) is 0 Å². The van der Waals surface area contributed by atoms with Gasteiger partial charge in [-0.25, -0.2) is 13.1 Å². The summed E-state index contributed by atoms with van der Waals surface area (Å²) in [5.74, 6) is 0. The molecule has 0 fully saturated rings. The molecule has 0 saturated heterocycles. The Bertz CT molecular complexity index is 986. The standard InChI is InChI=1S/C14H21N3O2S/c1-15-20(18,19)10-11-4-5-14-13(8-11)12(9-16-14)6-7-17(2)3/h4-5,8-9,15-16H,6-7,10H2,1-3H3/i4D,5D,7D2,8D,10D2. The number of hydrogen-bond acceptors (Lipinski definition) is 3. The normalized spacial score (nSPS) is 18.9. The van der Waals surface area contributed by atoms with Crippen LogP contribution in [0.5, 0.6) is 0 Å². The number of fused-ring (bicyclic) bond motifs is 1. The molecular weight excluding hydrogens is 274 g/mol. The van der Waals surface area contributed by atoms with Crippen LogP contribution in [0.25, 0.3) is 10.9 Å². The maximum Gasteiger partial charge on any atom is 0.215 e. The lowest BCUT2D eigenvalue weighted by atomic mass is 10.1. The molecule has 110 valence electrons. The van der Waals surface area contributed by atoms with Gasteiger partial charge in [-0.05, 0) is 50.8 Å². The van der Waals surface area contributed by atoms with E-state index in [1.54, 1.807) is 0 Å². The maximum absolute atomic E-state index is 12.1. The lowest BCUT2D eigenvalue weighted by Gasteiger charge is -2.08. The Labute approximate surface area is 129 Å². The molecule has 1 heterocycles. The van der Waals surface area contributed by atoms with E-state index in [1.165, 1.54) is 25.2 Å². The van der Waals surface area contributed by atoms with E-state index < -0.39 is 45.9 Å². The molecule has 2 N–H and O–H groups in total. The molecule has 0 radical (unpaired) electrons. The highest BCUT2D eigenvalue weighted by Crippen LogP contribution is 2.21. The van der Waals surface area contributed by atoms with Crippen LogP contribution in [0.3, 0.4) is 0 Å². The number of nitrogens with one attached hydrogen (secondary N) is 2. The van der Waals surface area contributed by atoms with Crippen LogP contribution in [0.1, 0.15) is 20.7 Å². The Morgan fingerprint density at radius 3 is 2.85 bits per heavy atom. The number of sulfonamides is 1. The molecular formula is C14H21N3O2S. The zero-order valence-electron chi connectivity index (χ0n) is 18.5. The van der Waals surface area contributed by atoms with Gasteiger partial charge in [-0.1, -0.05) is 6.04 Å². The number of aromatic amines is 1. The predicted octanol–water partition coefficient (Wildman–Crippen LogP) is 1.32. The number of rotatable bonds is 6. The molecule has 0 aliphatic carbocycles. The van der Waals surface area contributed by atoms with E-state index in [9.17, 15) is 8.42 Å². The van der Waals surface area contributed by atoms with Crippen molar-refractivity contribution >= 4 is 20.9 Å². The van der Waals surface area contributed by atoms with E-state index in [0.717, 1.165) is 7.05 Å². The van der Waals surface area contributed by atoms with Crippen molar-refractivity contribution < 1.29 is 18.0 Å². The molecule has 0 atom stereocenters. The fourth-order valence-electron chi connectivity index (χ4n) is 1.61. The quantitative estimate of drug-likeness (QED) is 0.846. The number of nitrogens with zero attached hydrogens (tertiary/aromatic N) is 1. The zero-order valence-corrected chi connectivity index (χ0v) is 12.3. The Kier molecular flexibility index (Phi) is 2.43. The van der Waals surface area contributed by atoms with Crippen molar-refractivity contribution in [1.82, 2.24) is 14.6 Å². The third-order valence-corrected chi connectivity index (χ3v) is 3.63. The third-order valence-electron chi connectivity index (χ3n) is 2.62. The molecule has 5 nitrogen and oxygen atoms in total. The highest BCUT2D eigenvalue weighted by atomic mass is 32.2. The molecule has 0 unspecified atom stereocenters. The van der Waals surface area contributed by atoms with Crippen molar-refractivity contribution in [3.8, 4) is 0 Å². The fraction of sp³-hybridized carbons (Fsp3) is 0.429. The molecule has 0 amide bonds. The molecule has 0 aliphatic heterocycles. The molecule has 0 bridgehead atoms. The van der Waals surface area contributed by atoms with Crippen LogP contribution in [0.4, 0.5) is 0 Å². The smallest absolute Gasteiger partial charge is 0.215 e. The minimum absolute atomic E-state index is 0.0342. The number of hydrogen-bond donors (Lipinski definition) is 2. The Hall–Kier alpha value is -1.37. The minimum Gasteiger partial charge on any atom is -0.361 e. The highest BCUT2D eigenvalue weighted by Gasteiger charge is 2.11. The number of aryl methyl sites for hydroxylation is 1. The molecule has 6 heteroatoms. The number of benzene rings is 1. The average molecular weight is 302 g/mol. The molecule has 20 heavy (non-hydrogen) atoms. The number of likely N-dealkylation sites (N-methyl/N-ethyl adjacent to an activating group) is 1. The average Bonchev–Trinajstić information content (AvgIpc) is 2.95. The topological polar surface area (TPSA) is 65.2 Å². The molecule has 2 aromatic rings. The van der Waals surface area contributed by atoms with Crippen LogP contribution in [0.15, 0.2) is 24.3 Å². The molecule has 1 aromatic carbocycles. The highest BCUT2D eigenvalue weighted by molar-refractivity contribution is 7.88. The largest absolute Gasteiger partial charge is 0.361 e. The first kappa shape index (κ1) is 8.17. The predicted molar refractivity (Wildman–Crippen MR) is 82.2 cm³/mol. The fourth-order valence-corrected chi connectivity index (χ4v) is 2.08. The summed E-state index contributed by atoms with van der Waals surface area (Å²) in [4.78, 5) is 4.07. The van der Waals surface area contributed by atoms with Crippen LogP contribution in [-0.2, 0) is 22.1 Å². The summed E-state index contributed by atoms with van der Waals surface area (Å²) in [7, 11) is -0.457. The van der Waals surface area contributed by atoms with Gasteiger partial charge in [0.15, 0.2) is 0 Å². The summed E-state index contributed by atoms with van der Waals surface area (Å²) in [5, 5.41) is 0.0342. The van der Waals surface area contributed by atoms with E-state index in [0.29, 0.717) is 5.56 Å². The van der Waals surface area contributed by atoms with Gasteiger partial charge in [-0.15, -0.1) is 0 Å². The summed E-state index contributed by atoms with van der Waals surface area (Å²) < 4.78 is 82.7. The monoisotopic (exact) mass is 302 g/mol. The second kappa shape index (κ2) is 5.95. The van der Waals surface area contributed by atoms with Crippen molar-refractivity contribution in [2.75, 3.05) is 27.6 Å². The van der Waals surface area contributed by atoms with Crippen molar-refractivity contribution in [3.63, 3.8) is 0 Å². The van der Waals surface area contributed by atoms with Gasteiger partial charge in [0.05, 0.1) is 9.82 Å². The van der Waals surface area contributed by atoms with Gasteiger partial charge in [0.2, 0.25) is 10.0 Å². The van der Waals surface area contributed by atoms with Crippen LogP contribution >= 0.6 is 0 Å². The molecule has 0 saturated carbocycles. The Morgan fingerprint density at radius 1 is 1.45 bits per heavy atom. The van der Waals surface area contributed by atoms with Gasteiger partial charge in [0.25, 0.3) is 0 Å². The van der Waals surface area contributed by atoms with E-state index >= 15 is 0 Å². The van der Waals surface area contributed by atoms with Gasteiger partial charge >= 0.3 is 0 Å². The summed E-state index contributed by atoms with van der Waals surface area (Å²) in [6.07, 6.45) is 1.22. The molecule has 1 aromatic heterocycles. The first-order valence-electron chi connectivity index (χ1n) is 9.39. The summed E-state index contributed by atoms with van der Waals surface area (Å²) in [6.45, 7) is -1.79. The first-order valence-corrected chi connectivity index (χ1v) is 7.38. The van der Waals surface area contributed by atoms with Gasteiger partial charge in [-0.3, -0.25) is 0 Å². The summed E-state index contributed by atoms with van der Waals surface area (Å²) in [6, 6.07) is -1.72. The van der Waals surface area contributed by atoms with Gasteiger partial charge < -0.3 is 9.88 Å². The van der Waals surface area contributed by atoms with Gasteiger partial charge in [0.1, 0.15) is 0 Å². The van der Waals surface area contributed by atoms with E-state index in [1.807, 2.05) is 4.72 Å². The second-order valence-corrected chi connectivity index (χ2v) is 5.97. The van der Waals surface area contributed by atoms with Crippen LogP contribution in [0, 0.1) is 0 Å². The number of aromatic nitrogens is 1. The van der Waals surface area contributed by atoms with Crippen molar-refractivity contribution in [3.05, 3.63) is 35.5 Å². The lowest BCUT2D eigenvalue weighted by molar-refractivity contribution is 0.414. The Balaban J connectivity index is 2.85. The molecule has 2 rings (SSSR count). The molecule has 0 aliphatic rings. The van der Waals surface area contributed by atoms with E-state index in [-0.39, 0.29) is 17.3 Å². The SMILES string of the molecule is [2H]c1c(C([2H])([2H])S(=O)(=O)NC)c([2H])c2c(CC([2H])([2H])N(C)C)c[nH]c2c1[2H].